The van der Waals surface area contributed by atoms with Gasteiger partial charge in [0, 0.05) is 18.3 Å². The molecule has 10 heteroatoms. The highest BCUT2D eigenvalue weighted by molar-refractivity contribution is 8.01. The van der Waals surface area contributed by atoms with E-state index in [1.54, 1.807) is 24.3 Å². The van der Waals surface area contributed by atoms with Crippen molar-refractivity contribution in [1.29, 1.82) is 0 Å². The van der Waals surface area contributed by atoms with Gasteiger partial charge in [-0.05, 0) is 41.8 Å². The fourth-order valence-corrected chi connectivity index (χ4v) is 4.55. The second-order valence-electron chi connectivity index (χ2n) is 7.39. The number of benzene rings is 2. The molecule has 3 N–H and O–H groups in total. The third-order valence-corrected chi connectivity index (χ3v) is 6.35. The zero-order valence-electron chi connectivity index (χ0n) is 17.9. The van der Waals surface area contributed by atoms with Gasteiger partial charge in [-0.3, -0.25) is 9.59 Å². The molecule has 0 spiro atoms. The third-order valence-electron chi connectivity index (χ3n) is 4.38. The van der Waals surface area contributed by atoms with Crippen molar-refractivity contribution < 1.29 is 14.0 Å². The maximum atomic E-state index is 13.2. The van der Waals surface area contributed by atoms with Crippen molar-refractivity contribution in [2.24, 2.45) is 5.92 Å². The minimum atomic E-state index is -0.305. The summed E-state index contributed by atoms with van der Waals surface area (Å²) < 4.78 is 13.9. The lowest BCUT2D eigenvalue weighted by Gasteiger charge is -2.22. The number of carbonyl (C=O) groups is 2. The first-order chi connectivity index (χ1) is 15.3. The first-order valence-corrected chi connectivity index (χ1v) is 11.8. The molecule has 0 saturated heterocycles. The van der Waals surface area contributed by atoms with Crippen molar-refractivity contribution in [3.05, 3.63) is 59.9 Å². The Kier molecular flexibility index (Phi) is 8.18. The Hall–Kier alpha value is -2.98. The van der Waals surface area contributed by atoms with Crippen LogP contribution < -0.4 is 16.0 Å². The summed E-state index contributed by atoms with van der Waals surface area (Å²) >= 11 is 2.63. The van der Waals surface area contributed by atoms with Gasteiger partial charge in [0.05, 0.1) is 11.8 Å². The SMILES string of the molecule is CC(=O)Nc1cccc(Nc2nnc(SCC(=O)NC(c3ccc(F)cc3)C(C)C)s2)c1. The van der Waals surface area contributed by atoms with E-state index < -0.39 is 0 Å². The Morgan fingerprint density at radius 1 is 1.09 bits per heavy atom. The molecule has 0 aliphatic rings. The van der Waals surface area contributed by atoms with Crippen LogP contribution in [0.4, 0.5) is 20.9 Å². The summed E-state index contributed by atoms with van der Waals surface area (Å²) in [4.78, 5) is 23.7. The molecule has 168 valence electrons. The molecule has 1 heterocycles. The first kappa shape index (κ1) is 23.7. The second-order valence-corrected chi connectivity index (χ2v) is 9.59. The molecule has 2 amide bonds. The molecule has 3 rings (SSSR count). The summed E-state index contributed by atoms with van der Waals surface area (Å²) in [5, 5.41) is 17.7. The van der Waals surface area contributed by atoms with Crippen molar-refractivity contribution in [3.63, 3.8) is 0 Å². The van der Waals surface area contributed by atoms with Gasteiger partial charge in [-0.25, -0.2) is 4.39 Å². The van der Waals surface area contributed by atoms with Crippen LogP contribution in [0.1, 0.15) is 32.4 Å². The Bertz CT molecular complexity index is 1070. The van der Waals surface area contributed by atoms with Crippen LogP contribution in [0.3, 0.4) is 0 Å². The molecule has 3 aromatic rings. The summed E-state index contributed by atoms with van der Waals surface area (Å²) in [5.41, 5.74) is 2.31. The number of amides is 2. The average Bonchev–Trinajstić information content (AvgIpc) is 3.18. The van der Waals surface area contributed by atoms with Gasteiger partial charge in [0.2, 0.25) is 16.9 Å². The van der Waals surface area contributed by atoms with Crippen molar-refractivity contribution in [1.82, 2.24) is 15.5 Å². The molecule has 0 radical (unpaired) electrons. The van der Waals surface area contributed by atoms with Crippen LogP contribution >= 0.6 is 23.1 Å². The first-order valence-electron chi connectivity index (χ1n) is 9.96. The van der Waals surface area contributed by atoms with Gasteiger partial charge < -0.3 is 16.0 Å². The van der Waals surface area contributed by atoms with Crippen molar-refractivity contribution in [3.8, 4) is 0 Å². The second kappa shape index (κ2) is 11.1. The highest BCUT2D eigenvalue weighted by Gasteiger charge is 2.19. The molecule has 0 aliphatic heterocycles. The molecule has 1 unspecified atom stereocenters. The van der Waals surface area contributed by atoms with Gasteiger partial charge in [0.15, 0.2) is 4.34 Å². The lowest BCUT2D eigenvalue weighted by Crippen LogP contribution is -2.32. The van der Waals surface area contributed by atoms with E-state index in [0.717, 1.165) is 11.3 Å². The Morgan fingerprint density at radius 3 is 2.50 bits per heavy atom. The molecule has 2 aromatic carbocycles. The number of hydrogen-bond donors (Lipinski definition) is 3. The average molecular weight is 474 g/mol. The van der Waals surface area contributed by atoms with E-state index in [2.05, 4.69) is 26.1 Å². The molecule has 7 nitrogen and oxygen atoms in total. The molecule has 1 atom stereocenters. The van der Waals surface area contributed by atoms with Crippen LogP contribution in [0, 0.1) is 11.7 Å². The summed E-state index contributed by atoms with van der Waals surface area (Å²) in [5.74, 6) is -0.238. The number of nitrogens with one attached hydrogen (secondary N) is 3. The van der Waals surface area contributed by atoms with E-state index in [-0.39, 0.29) is 35.3 Å². The van der Waals surface area contributed by atoms with Crippen LogP contribution in [-0.4, -0.2) is 27.8 Å². The zero-order chi connectivity index (χ0) is 23.1. The summed E-state index contributed by atoms with van der Waals surface area (Å²) in [7, 11) is 0. The van der Waals surface area contributed by atoms with Gasteiger partial charge >= 0.3 is 0 Å². The Labute approximate surface area is 194 Å². The Balaban J connectivity index is 1.54. The number of anilines is 3. The van der Waals surface area contributed by atoms with E-state index in [1.807, 2.05) is 26.0 Å². The van der Waals surface area contributed by atoms with E-state index in [9.17, 15) is 14.0 Å². The molecule has 32 heavy (non-hydrogen) atoms. The summed E-state index contributed by atoms with van der Waals surface area (Å²) in [6.07, 6.45) is 0. The monoisotopic (exact) mass is 473 g/mol. The third kappa shape index (κ3) is 7.03. The number of nitrogens with zero attached hydrogens (tertiary/aromatic N) is 2. The van der Waals surface area contributed by atoms with Gasteiger partial charge in [0.1, 0.15) is 5.82 Å². The maximum Gasteiger partial charge on any atom is 0.230 e. The van der Waals surface area contributed by atoms with E-state index in [1.165, 1.54) is 42.2 Å². The number of aromatic nitrogens is 2. The fraction of sp³-hybridized carbons (Fsp3) is 0.273. The number of rotatable bonds is 9. The van der Waals surface area contributed by atoms with Crippen LogP contribution in [0.15, 0.2) is 52.9 Å². The quantitative estimate of drug-likeness (QED) is 0.379. The van der Waals surface area contributed by atoms with Crippen LogP contribution in [-0.2, 0) is 9.59 Å². The minimum absolute atomic E-state index is 0.134. The smallest absolute Gasteiger partial charge is 0.230 e. The predicted molar refractivity (Wildman–Crippen MR) is 127 cm³/mol. The zero-order valence-corrected chi connectivity index (χ0v) is 19.5. The minimum Gasteiger partial charge on any atom is -0.348 e. The van der Waals surface area contributed by atoms with Crippen LogP contribution in [0.2, 0.25) is 0 Å². The summed E-state index contributed by atoms with van der Waals surface area (Å²) in [6.45, 7) is 5.46. The van der Waals surface area contributed by atoms with Gasteiger partial charge in [-0.2, -0.15) is 0 Å². The normalized spacial score (nSPS) is 11.8. The fourth-order valence-electron chi connectivity index (χ4n) is 2.97. The molecule has 1 aromatic heterocycles. The van der Waals surface area contributed by atoms with Gasteiger partial charge in [-0.15, -0.1) is 10.2 Å². The van der Waals surface area contributed by atoms with Gasteiger partial charge in [-0.1, -0.05) is 55.1 Å². The highest BCUT2D eigenvalue weighted by Crippen LogP contribution is 2.29. The summed E-state index contributed by atoms with van der Waals surface area (Å²) in [6, 6.07) is 13.2. The van der Waals surface area contributed by atoms with E-state index in [0.29, 0.717) is 15.2 Å². The van der Waals surface area contributed by atoms with Crippen molar-refractivity contribution in [2.75, 3.05) is 16.4 Å². The van der Waals surface area contributed by atoms with Crippen LogP contribution in [0.25, 0.3) is 0 Å². The Morgan fingerprint density at radius 2 is 1.81 bits per heavy atom. The van der Waals surface area contributed by atoms with E-state index in [4.69, 9.17) is 0 Å². The van der Waals surface area contributed by atoms with Crippen molar-refractivity contribution in [2.45, 2.75) is 31.2 Å². The van der Waals surface area contributed by atoms with E-state index >= 15 is 0 Å². The number of thioether (sulfide) groups is 1. The number of halogens is 1. The maximum absolute atomic E-state index is 13.2. The standard InChI is InChI=1S/C22H24FN5O2S2/c1-13(2)20(15-7-9-16(23)10-8-15)26-19(30)12-31-22-28-27-21(32-22)25-18-6-4-5-17(11-18)24-14(3)29/h4-11,13,20H,12H2,1-3H3,(H,24,29)(H,25,27)(H,26,30). The van der Waals surface area contributed by atoms with Crippen LogP contribution in [0.5, 0.6) is 0 Å². The number of hydrogen-bond acceptors (Lipinski definition) is 7. The van der Waals surface area contributed by atoms with Crippen molar-refractivity contribution >= 4 is 51.4 Å². The predicted octanol–water partition coefficient (Wildman–Crippen LogP) is 4.98. The van der Waals surface area contributed by atoms with Gasteiger partial charge in [0.25, 0.3) is 0 Å². The molecular formula is C22H24FN5O2S2. The molecular weight excluding hydrogens is 449 g/mol. The topological polar surface area (TPSA) is 96.0 Å². The molecule has 0 aliphatic carbocycles. The molecule has 0 bridgehead atoms. The molecule has 0 saturated carbocycles. The largest absolute Gasteiger partial charge is 0.348 e. The lowest BCUT2D eigenvalue weighted by molar-refractivity contribution is -0.119. The number of carbonyl (C=O) groups excluding carboxylic acids is 2. The molecule has 0 fully saturated rings. The lowest BCUT2D eigenvalue weighted by atomic mass is 9.96. The highest BCUT2D eigenvalue weighted by atomic mass is 32.2.